The summed E-state index contributed by atoms with van der Waals surface area (Å²) >= 11 is 0. The van der Waals surface area contributed by atoms with E-state index in [2.05, 4.69) is 25.7 Å². The fourth-order valence-electron chi connectivity index (χ4n) is 4.30. The molecule has 0 radical (unpaired) electrons. The molecule has 0 spiro atoms. The molecule has 0 aliphatic carbocycles. The van der Waals surface area contributed by atoms with Gasteiger partial charge >= 0.3 is 0 Å². The van der Waals surface area contributed by atoms with Crippen molar-refractivity contribution < 1.29 is 27.8 Å². The van der Waals surface area contributed by atoms with Gasteiger partial charge in [-0.1, -0.05) is 0 Å². The Morgan fingerprint density at radius 3 is 2.85 bits per heavy atom. The van der Waals surface area contributed by atoms with E-state index in [1.54, 1.807) is 37.5 Å². The molecule has 202 valence electrons. The molecule has 10 nitrogen and oxygen atoms in total. The van der Waals surface area contributed by atoms with Crippen molar-refractivity contribution in [2.75, 3.05) is 18.5 Å². The van der Waals surface area contributed by atoms with Gasteiger partial charge in [0.2, 0.25) is 5.91 Å². The highest BCUT2D eigenvalue weighted by molar-refractivity contribution is 5.96. The van der Waals surface area contributed by atoms with Gasteiger partial charge in [0.1, 0.15) is 11.9 Å². The van der Waals surface area contributed by atoms with Crippen molar-refractivity contribution in [3.63, 3.8) is 0 Å². The van der Waals surface area contributed by atoms with E-state index in [4.69, 9.17) is 9.47 Å². The molecule has 1 aliphatic heterocycles. The largest absolute Gasteiger partial charge is 0.485 e. The molecule has 5 rings (SSSR count). The highest BCUT2D eigenvalue weighted by atomic mass is 19.1. The topological polar surface area (TPSA) is 120 Å². The molecule has 1 aliphatic rings. The number of carbonyl (C=O) groups excluding carboxylic acids is 2. The number of carbonyl (C=O) groups is 2. The van der Waals surface area contributed by atoms with Gasteiger partial charge in [-0.15, -0.1) is 0 Å². The second-order valence-electron chi connectivity index (χ2n) is 9.20. The lowest BCUT2D eigenvalue weighted by molar-refractivity contribution is -0.114. The molecular weight excluding hydrogens is 510 g/mol. The Morgan fingerprint density at radius 2 is 2.08 bits per heavy atom. The van der Waals surface area contributed by atoms with Crippen LogP contribution >= 0.6 is 0 Å². The number of ether oxygens (including phenoxy) is 2. The first-order chi connectivity index (χ1) is 18.8. The molecule has 1 aromatic carbocycles. The van der Waals surface area contributed by atoms with Gasteiger partial charge in [-0.05, 0) is 44.0 Å². The van der Waals surface area contributed by atoms with Crippen molar-refractivity contribution in [2.45, 2.75) is 39.3 Å². The first-order valence-electron chi connectivity index (χ1n) is 12.4. The standard InChI is InChI=1S/C27H26F2N6O4/c1-15-21(9-17(11-30-15)23-5-6-25-33-24(32-16(2)36)13-35(25)34-23)27(37)31-12-18-8-19(28)10-22(29)26(18)39-20-4-3-7-38-14-20/h5-6,8-11,13,20H,3-4,7,12,14H2,1-2H3,(H,31,37)(H,32,36). The number of rotatable bonds is 7. The van der Waals surface area contributed by atoms with Crippen LogP contribution in [0.1, 0.15) is 41.4 Å². The third-order valence-electron chi connectivity index (χ3n) is 6.18. The van der Waals surface area contributed by atoms with Crippen LogP contribution in [0.3, 0.4) is 0 Å². The minimum absolute atomic E-state index is 0.104. The predicted molar refractivity (Wildman–Crippen MR) is 137 cm³/mol. The van der Waals surface area contributed by atoms with Crippen molar-refractivity contribution >= 4 is 23.3 Å². The zero-order valence-electron chi connectivity index (χ0n) is 21.3. The molecule has 2 N–H and O–H groups in total. The molecule has 4 aromatic rings. The molecule has 3 aromatic heterocycles. The Balaban J connectivity index is 1.35. The van der Waals surface area contributed by atoms with Gasteiger partial charge in [0.15, 0.2) is 23.0 Å². The Labute approximate surface area is 222 Å². The van der Waals surface area contributed by atoms with E-state index in [1.807, 2.05) is 0 Å². The predicted octanol–water partition coefficient (Wildman–Crippen LogP) is 3.82. The number of aromatic nitrogens is 4. The highest BCUT2D eigenvalue weighted by Gasteiger charge is 2.22. The average molecular weight is 537 g/mol. The summed E-state index contributed by atoms with van der Waals surface area (Å²) in [6.07, 6.45) is 4.28. The molecule has 0 saturated carbocycles. The van der Waals surface area contributed by atoms with Crippen LogP contribution in [0.5, 0.6) is 5.75 Å². The van der Waals surface area contributed by atoms with Gasteiger partial charge in [-0.2, -0.15) is 5.10 Å². The average Bonchev–Trinajstić information content (AvgIpc) is 3.30. The van der Waals surface area contributed by atoms with Crippen molar-refractivity contribution in [3.8, 4) is 17.0 Å². The van der Waals surface area contributed by atoms with E-state index in [9.17, 15) is 18.4 Å². The van der Waals surface area contributed by atoms with Crippen molar-refractivity contribution in [3.05, 3.63) is 71.2 Å². The maximum atomic E-state index is 14.6. The first kappa shape index (κ1) is 26.2. The van der Waals surface area contributed by atoms with E-state index >= 15 is 0 Å². The van der Waals surface area contributed by atoms with Crippen molar-refractivity contribution in [1.29, 1.82) is 0 Å². The quantitative estimate of drug-likeness (QED) is 0.369. The van der Waals surface area contributed by atoms with Crippen LogP contribution in [0.2, 0.25) is 0 Å². The van der Waals surface area contributed by atoms with Gasteiger partial charge in [0, 0.05) is 43.5 Å². The minimum Gasteiger partial charge on any atom is -0.485 e. The number of fused-ring (bicyclic) bond motifs is 1. The third-order valence-corrected chi connectivity index (χ3v) is 6.18. The second-order valence-corrected chi connectivity index (χ2v) is 9.20. The summed E-state index contributed by atoms with van der Waals surface area (Å²) in [5, 5.41) is 9.83. The Kier molecular flexibility index (Phi) is 7.46. The Hall–Kier alpha value is -4.45. The van der Waals surface area contributed by atoms with Crippen LogP contribution in [0.4, 0.5) is 14.6 Å². The van der Waals surface area contributed by atoms with Crippen LogP contribution < -0.4 is 15.4 Å². The molecule has 0 bridgehead atoms. The number of imidazole rings is 1. The third kappa shape index (κ3) is 6.01. The van der Waals surface area contributed by atoms with Crippen LogP contribution in [0.15, 0.2) is 42.7 Å². The summed E-state index contributed by atoms with van der Waals surface area (Å²) in [6.45, 7) is 3.84. The van der Waals surface area contributed by atoms with E-state index in [0.717, 1.165) is 18.6 Å². The van der Waals surface area contributed by atoms with E-state index < -0.39 is 17.5 Å². The van der Waals surface area contributed by atoms with Gasteiger partial charge < -0.3 is 20.1 Å². The summed E-state index contributed by atoms with van der Waals surface area (Å²) < 4.78 is 41.4. The molecule has 1 atom stereocenters. The van der Waals surface area contributed by atoms with Crippen LogP contribution in [0, 0.1) is 18.6 Å². The van der Waals surface area contributed by atoms with Crippen LogP contribution in [0.25, 0.3) is 16.9 Å². The molecular formula is C27H26F2N6O4. The molecule has 1 unspecified atom stereocenters. The zero-order valence-corrected chi connectivity index (χ0v) is 21.3. The van der Waals surface area contributed by atoms with Crippen molar-refractivity contribution in [1.82, 2.24) is 24.9 Å². The van der Waals surface area contributed by atoms with Gasteiger partial charge in [-0.25, -0.2) is 18.3 Å². The highest BCUT2D eigenvalue weighted by Crippen LogP contribution is 2.28. The maximum absolute atomic E-state index is 14.6. The lowest BCUT2D eigenvalue weighted by atomic mass is 10.1. The summed E-state index contributed by atoms with van der Waals surface area (Å²) in [5.41, 5.74) is 2.54. The number of halogens is 2. The molecule has 12 heteroatoms. The number of amides is 2. The Bertz CT molecular complexity index is 1550. The molecule has 1 saturated heterocycles. The monoisotopic (exact) mass is 536 g/mol. The Morgan fingerprint density at radius 1 is 1.23 bits per heavy atom. The van der Waals surface area contributed by atoms with E-state index in [0.29, 0.717) is 48.1 Å². The summed E-state index contributed by atoms with van der Waals surface area (Å²) in [5.74, 6) is -2.08. The maximum Gasteiger partial charge on any atom is 0.253 e. The SMILES string of the molecule is CC(=O)Nc1cn2nc(-c3cnc(C)c(C(=O)NCc4cc(F)cc(F)c4OC4CCCOC4)c3)ccc2n1. The fourth-order valence-corrected chi connectivity index (χ4v) is 4.30. The first-order valence-corrected chi connectivity index (χ1v) is 12.4. The number of hydrogen-bond acceptors (Lipinski definition) is 7. The van der Waals surface area contributed by atoms with Gasteiger partial charge in [0.25, 0.3) is 5.91 Å². The number of aryl methyl sites for hydroxylation is 1. The minimum atomic E-state index is -0.840. The summed E-state index contributed by atoms with van der Waals surface area (Å²) in [6, 6.07) is 6.99. The normalized spacial score (nSPS) is 15.2. The lowest BCUT2D eigenvalue weighted by Gasteiger charge is -2.25. The van der Waals surface area contributed by atoms with E-state index in [-0.39, 0.29) is 35.4 Å². The van der Waals surface area contributed by atoms with Crippen molar-refractivity contribution in [2.24, 2.45) is 0 Å². The number of nitrogens with zero attached hydrogens (tertiary/aromatic N) is 4. The number of hydrogen-bond donors (Lipinski definition) is 2. The van der Waals surface area contributed by atoms with Gasteiger partial charge in [0.05, 0.1) is 29.8 Å². The number of nitrogens with one attached hydrogen (secondary N) is 2. The number of anilines is 1. The molecule has 39 heavy (non-hydrogen) atoms. The zero-order chi connectivity index (χ0) is 27.5. The van der Waals surface area contributed by atoms with Gasteiger partial charge in [-0.3, -0.25) is 14.6 Å². The molecule has 4 heterocycles. The molecule has 2 amide bonds. The smallest absolute Gasteiger partial charge is 0.253 e. The van der Waals surface area contributed by atoms with Crippen LogP contribution in [-0.2, 0) is 16.1 Å². The number of benzene rings is 1. The van der Waals surface area contributed by atoms with Crippen LogP contribution in [-0.4, -0.2) is 50.7 Å². The van der Waals surface area contributed by atoms with E-state index in [1.165, 1.54) is 11.4 Å². The molecule has 1 fully saturated rings. The summed E-state index contributed by atoms with van der Waals surface area (Å²) in [4.78, 5) is 33.1. The summed E-state index contributed by atoms with van der Waals surface area (Å²) in [7, 11) is 0. The fraction of sp³-hybridized carbons (Fsp3) is 0.296. The second kappa shape index (κ2) is 11.1. The lowest BCUT2D eigenvalue weighted by Crippen LogP contribution is -2.29. The number of pyridine rings is 1.